The van der Waals surface area contributed by atoms with E-state index in [9.17, 15) is 9.59 Å². The van der Waals surface area contributed by atoms with Crippen molar-refractivity contribution in [3.63, 3.8) is 0 Å². The lowest BCUT2D eigenvalue weighted by Gasteiger charge is -2.34. The SMILES string of the molecule is O=C(O)C[C@@H]1COCCN1C(=O)c1ccc(OCc2ccccc2)cc1. The molecule has 0 aliphatic carbocycles. The van der Waals surface area contributed by atoms with Gasteiger partial charge in [0.15, 0.2) is 0 Å². The fourth-order valence-corrected chi connectivity index (χ4v) is 2.89. The van der Waals surface area contributed by atoms with Crippen LogP contribution in [0.25, 0.3) is 0 Å². The molecule has 3 rings (SSSR count). The molecule has 1 saturated heterocycles. The Morgan fingerprint density at radius 1 is 1.12 bits per heavy atom. The third kappa shape index (κ3) is 4.61. The van der Waals surface area contributed by atoms with Gasteiger partial charge in [0.05, 0.1) is 25.7 Å². The summed E-state index contributed by atoms with van der Waals surface area (Å²) in [6.45, 7) is 1.51. The molecule has 1 fully saturated rings. The van der Waals surface area contributed by atoms with Gasteiger partial charge in [-0.25, -0.2) is 0 Å². The van der Waals surface area contributed by atoms with Crippen LogP contribution in [0.3, 0.4) is 0 Å². The van der Waals surface area contributed by atoms with Gasteiger partial charge in [-0.15, -0.1) is 0 Å². The average molecular weight is 355 g/mol. The summed E-state index contributed by atoms with van der Waals surface area (Å²) in [7, 11) is 0. The summed E-state index contributed by atoms with van der Waals surface area (Å²) in [6.07, 6.45) is -0.121. The van der Waals surface area contributed by atoms with E-state index in [1.165, 1.54) is 0 Å². The Morgan fingerprint density at radius 3 is 2.54 bits per heavy atom. The monoisotopic (exact) mass is 355 g/mol. The molecule has 6 nitrogen and oxygen atoms in total. The van der Waals surface area contributed by atoms with Gasteiger partial charge in [-0.3, -0.25) is 9.59 Å². The van der Waals surface area contributed by atoms with E-state index in [0.29, 0.717) is 31.1 Å². The lowest BCUT2D eigenvalue weighted by atomic mass is 10.1. The van der Waals surface area contributed by atoms with Gasteiger partial charge in [-0.05, 0) is 29.8 Å². The molecule has 1 amide bonds. The standard InChI is InChI=1S/C20H21NO5/c22-19(23)12-17-14-25-11-10-21(17)20(24)16-6-8-18(9-7-16)26-13-15-4-2-1-3-5-15/h1-9,17H,10-14H2,(H,22,23)/t17-/m1/s1. The van der Waals surface area contributed by atoms with Crippen LogP contribution in [0, 0.1) is 0 Å². The smallest absolute Gasteiger partial charge is 0.305 e. The average Bonchev–Trinajstić information content (AvgIpc) is 2.67. The molecule has 2 aromatic rings. The van der Waals surface area contributed by atoms with Crippen LogP contribution in [0.2, 0.25) is 0 Å². The van der Waals surface area contributed by atoms with Crippen molar-refractivity contribution in [2.24, 2.45) is 0 Å². The van der Waals surface area contributed by atoms with E-state index in [-0.39, 0.29) is 18.9 Å². The molecule has 1 atom stereocenters. The van der Waals surface area contributed by atoms with E-state index in [1.54, 1.807) is 29.2 Å². The number of carboxylic acids is 1. The minimum atomic E-state index is -0.942. The number of morpholine rings is 1. The molecule has 0 aromatic heterocycles. The lowest BCUT2D eigenvalue weighted by molar-refractivity contribution is -0.139. The predicted octanol–water partition coefficient (Wildman–Crippen LogP) is 2.58. The molecular formula is C20H21NO5. The van der Waals surface area contributed by atoms with Crippen molar-refractivity contribution in [2.75, 3.05) is 19.8 Å². The van der Waals surface area contributed by atoms with Gasteiger partial charge in [-0.1, -0.05) is 30.3 Å². The van der Waals surface area contributed by atoms with Crippen molar-refractivity contribution < 1.29 is 24.2 Å². The second-order valence-electron chi connectivity index (χ2n) is 6.12. The Balaban J connectivity index is 1.63. The van der Waals surface area contributed by atoms with Crippen LogP contribution in [0.15, 0.2) is 54.6 Å². The number of carboxylic acid groups (broad SMARTS) is 1. The molecule has 0 radical (unpaired) electrons. The fraction of sp³-hybridized carbons (Fsp3) is 0.300. The summed E-state index contributed by atoms with van der Waals surface area (Å²) in [5, 5.41) is 9.02. The first-order valence-electron chi connectivity index (χ1n) is 8.51. The fourth-order valence-electron chi connectivity index (χ4n) is 2.89. The third-order valence-electron chi connectivity index (χ3n) is 4.25. The molecule has 0 bridgehead atoms. The second kappa shape index (κ2) is 8.49. The molecule has 2 aromatic carbocycles. The van der Waals surface area contributed by atoms with Gasteiger partial charge < -0.3 is 19.5 Å². The van der Waals surface area contributed by atoms with E-state index in [2.05, 4.69) is 0 Å². The summed E-state index contributed by atoms with van der Waals surface area (Å²) in [6, 6.07) is 16.3. The topological polar surface area (TPSA) is 76.1 Å². The molecule has 26 heavy (non-hydrogen) atoms. The first-order valence-corrected chi connectivity index (χ1v) is 8.51. The number of rotatable bonds is 6. The second-order valence-corrected chi connectivity index (χ2v) is 6.12. The van der Waals surface area contributed by atoms with Crippen LogP contribution < -0.4 is 4.74 Å². The zero-order valence-corrected chi connectivity index (χ0v) is 14.3. The van der Waals surface area contributed by atoms with Crippen molar-refractivity contribution >= 4 is 11.9 Å². The van der Waals surface area contributed by atoms with Crippen molar-refractivity contribution in [1.82, 2.24) is 4.90 Å². The zero-order valence-electron chi connectivity index (χ0n) is 14.3. The summed E-state index contributed by atoms with van der Waals surface area (Å²) in [5.74, 6) is -0.452. The normalized spacial score (nSPS) is 16.9. The quantitative estimate of drug-likeness (QED) is 0.862. The number of carbonyl (C=O) groups is 2. The van der Waals surface area contributed by atoms with E-state index >= 15 is 0 Å². The lowest BCUT2D eigenvalue weighted by Crippen LogP contribution is -2.49. The molecule has 1 aliphatic heterocycles. The number of hydrogen-bond acceptors (Lipinski definition) is 4. The molecule has 0 spiro atoms. The van der Waals surface area contributed by atoms with Crippen LogP contribution in [0.1, 0.15) is 22.3 Å². The molecule has 0 saturated carbocycles. The number of ether oxygens (including phenoxy) is 2. The van der Waals surface area contributed by atoms with E-state index in [1.807, 2.05) is 30.3 Å². The summed E-state index contributed by atoms with van der Waals surface area (Å²) in [4.78, 5) is 25.3. The van der Waals surface area contributed by atoms with E-state index in [4.69, 9.17) is 14.6 Å². The third-order valence-corrected chi connectivity index (χ3v) is 4.25. The molecule has 6 heteroatoms. The van der Waals surface area contributed by atoms with Crippen LogP contribution in [0.4, 0.5) is 0 Å². The minimum Gasteiger partial charge on any atom is -0.489 e. The molecule has 136 valence electrons. The highest BCUT2D eigenvalue weighted by molar-refractivity contribution is 5.94. The Labute approximate surface area is 152 Å². The number of aliphatic carboxylic acids is 1. The Morgan fingerprint density at radius 2 is 1.85 bits per heavy atom. The van der Waals surface area contributed by atoms with E-state index < -0.39 is 12.0 Å². The summed E-state index contributed by atoms with van der Waals surface area (Å²) in [5.41, 5.74) is 1.58. The van der Waals surface area contributed by atoms with Gasteiger partial charge in [-0.2, -0.15) is 0 Å². The Bertz CT molecular complexity index is 745. The van der Waals surface area contributed by atoms with Gasteiger partial charge >= 0.3 is 5.97 Å². The first-order chi connectivity index (χ1) is 12.6. The maximum atomic E-state index is 12.7. The highest BCUT2D eigenvalue weighted by atomic mass is 16.5. The minimum absolute atomic E-state index is 0.121. The Kier molecular flexibility index (Phi) is 5.86. The van der Waals surface area contributed by atoms with Gasteiger partial charge in [0.25, 0.3) is 5.91 Å². The molecule has 0 unspecified atom stereocenters. The van der Waals surface area contributed by atoms with Crippen LogP contribution in [-0.2, 0) is 16.1 Å². The van der Waals surface area contributed by atoms with Crippen LogP contribution in [-0.4, -0.2) is 47.7 Å². The maximum Gasteiger partial charge on any atom is 0.305 e. The number of nitrogens with zero attached hydrogens (tertiary/aromatic N) is 1. The van der Waals surface area contributed by atoms with Crippen molar-refractivity contribution in [3.8, 4) is 5.75 Å². The molecule has 1 aliphatic rings. The number of benzene rings is 2. The maximum absolute atomic E-state index is 12.7. The highest BCUT2D eigenvalue weighted by Gasteiger charge is 2.29. The summed E-state index contributed by atoms with van der Waals surface area (Å²) < 4.78 is 11.0. The van der Waals surface area contributed by atoms with Crippen LogP contribution >= 0.6 is 0 Å². The number of hydrogen-bond donors (Lipinski definition) is 1. The van der Waals surface area contributed by atoms with Crippen molar-refractivity contribution in [3.05, 3.63) is 65.7 Å². The number of amides is 1. The molecular weight excluding hydrogens is 334 g/mol. The zero-order chi connectivity index (χ0) is 18.4. The van der Waals surface area contributed by atoms with Crippen molar-refractivity contribution in [1.29, 1.82) is 0 Å². The van der Waals surface area contributed by atoms with E-state index in [0.717, 1.165) is 5.56 Å². The summed E-state index contributed by atoms with van der Waals surface area (Å²) >= 11 is 0. The highest BCUT2D eigenvalue weighted by Crippen LogP contribution is 2.19. The molecule has 1 N–H and O–H groups in total. The first kappa shape index (κ1) is 17.9. The number of carbonyl (C=O) groups excluding carboxylic acids is 1. The van der Waals surface area contributed by atoms with Gasteiger partial charge in [0.2, 0.25) is 0 Å². The van der Waals surface area contributed by atoms with Crippen molar-refractivity contribution in [2.45, 2.75) is 19.1 Å². The van der Waals surface area contributed by atoms with Gasteiger partial charge in [0.1, 0.15) is 12.4 Å². The van der Waals surface area contributed by atoms with Crippen LogP contribution in [0.5, 0.6) is 5.75 Å². The van der Waals surface area contributed by atoms with Gasteiger partial charge in [0, 0.05) is 12.1 Å². The Hall–Kier alpha value is -2.86. The predicted molar refractivity (Wildman–Crippen MR) is 95.1 cm³/mol. The largest absolute Gasteiger partial charge is 0.489 e. The molecule has 1 heterocycles.